The number of nitrogens with one attached hydrogen (secondary N) is 10. The number of hydrogen-bond donors (Lipinski definition) is 16. The Balaban J connectivity index is 1.47. The average Bonchev–Trinajstić information content (AvgIpc) is 2.48. The van der Waals surface area contributed by atoms with E-state index in [2.05, 4.69) is 58.2 Å². The molecular weight excluding hydrogens is 1190 g/mol. The summed E-state index contributed by atoms with van der Waals surface area (Å²) in [6, 6.07) is 2.30. The number of hydrogen-bond acceptors (Lipinski definition) is 17. The van der Waals surface area contributed by atoms with E-state index in [1.165, 1.54) is 19.1 Å². The highest BCUT2D eigenvalue weighted by Crippen LogP contribution is 2.25. The predicted molar refractivity (Wildman–Crippen MR) is 326 cm³/mol. The van der Waals surface area contributed by atoms with Crippen molar-refractivity contribution in [3.63, 3.8) is 0 Å². The molecule has 2 aliphatic heterocycles. The number of amides is 12. The Morgan fingerprint density at radius 1 is 0.659 bits per heavy atom. The lowest BCUT2D eigenvalue weighted by Gasteiger charge is -2.26. The molecule has 91 heavy (non-hydrogen) atoms. The number of aliphatic carboxylic acids is 2. The molecule has 1 saturated heterocycles. The molecule has 2 aromatic carbocycles. The van der Waals surface area contributed by atoms with Crippen molar-refractivity contribution in [3.05, 3.63) is 71.8 Å². The third-order valence-electron chi connectivity index (χ3n) is 14.4. The number of carboxylic acids is 2. The van der Waals surface area contributed by atoms with E-state index in [0.717, 1.165) is 17.1 Å². The van der Waals surface area contributed by atoms with Gasteiger partial charge in [0.05, 0.1) is 18.7 Å². The second-order valence-electron chi connectivity index (χ2n) is 22.2. The van der Waals surface area contributed by atoms with Gasteiger partial charge in [0.1, 0.15) is 48.0 Å². The van der Waals surface area contributed by atoms with Crippen LogP contribution < -0.4 is 70.4 Å². The third kappa shape index (κ3) is 26.3. The monoisotopic (exact) mass is 1270 g/mol. The molecule has 0 bridgehead atoms. The Morgan fingerprint density at radius 3 is 1.95 bits per heavy atom. The van der Waals surface area contributed by atoms with Crippen LogP contribution in [0.4, 0.5) is 5.69 Å². The summed E-state index contributed by atoms with van der Waals surface area (Å²) in [5, 5.41) is 54.5. The van der Waals surface area contributed by atoms with E-state index in [-0.39, 0.29) is 121 Å². The van der Waals surface area contributed by atoms with E-state index in [9.17, 15) is 77.3 Å². The lowest BCUT2D eigenvalue weighted by molar-refractivity contribution is -0.141. The van der Waals surface area contributed by atoms with E-state index in [0.29, 0.717) is 11.1 Å². The number of carbonyl (C=O) groups excluding carboxylic acids is 12. The van der Waals surface area contributed by atoms with Gasteiger partial charge in [0.25, 0.3) is 11.8 Å². The molecule has 8 atom stereocenters. The molecule has 496 valence electrons. The molecule has 2 aliphatic rings. The number of aromatic hydroxyl groups is 1. The summed E-state index contributed by atoms with van der Waals surface area (Å²) in [4.78, 5) is 189. The number of guanidine groups is 1. The predicted octanol–water partition coefficient (Wildman–Crippen LogP) is -3.19. The number of carboxylic acid groups (broad SMARTS) is 2. The van der Waals surface area contributed by atoms with Crippen LogP contribution in [-0.4, -0.2) is 184 Å². The lowest BCUT2D eigenvalue weighted by Crippen LogP contribution is -2.58. The summed E-state index contributed by atoms with van der Waals surface area (Å²) in [5.41, 5.74) is 18.1. The van der Waals surface area contributed by atoms with Gasteiger partial charge >= 0.3 is 11.9 Å². The van der Waals surface area contributed by atoms with Crippen molar-refractivity contribution in [1.29, 1.82) is 0 Å². The van der Waals surface area contributed by atoms with Crippen molar-refractivity contribution in [1.82, 2.24) is 52.8 Å². The number of carbonyl (C=O) groups is 14. The summed E-state index contributed by atoms with van der Waals surface area (Å²) in [7, 11) is 0. The summed E-state index contributed by atoms with van der Waals surface area (Å²) >= 11 is 0. The average molecular weight is 1270 g/mol. The maximum Gasteiger partial charge on any atom is 0.305 e. The highest BCUT2D eigenvalue weighted by molar-refractivity contribution is 6.13. The van der Waals surface area contributed by atoms with Crippen molar-refractivity contribution < 1.29 is 82.4 Å². The standard InChI is InChI=1S/C59H83N15O17/c1-32(2)51(58(91)66-33(3)52(85)71-40-29-35(16-19-43(40)75)27-36(60)17-23-49(81)82)73-55(88)39(67-45(77)15-10-26-74-47(79)21-22-48(74)80)18-20-44(76)63-24-8-7-13-38-54(87)69-37(14-9-25-64-59(61)62)53(86)65-31-46(78)68-42(30-50(83)84)57(90)72-41(56(89)70-38)28-34-11-5-4-6-12-34/h4-6,11-12,16,19,21-22,29,32-33,36-39,41-42,51,75H,7-10,13-15,17-18,20,23-28,30-31,60H2,1-3H3,(H,63,76)(H,65,86)(H,66,91)(H,67,77)(H,68,78)(H,69,87)(H,70,89)(H,71,85)(H,72,90)(H,73,88)(H,81,82)(H,83,84)(H4,61,62,64)/t33-,36+,37-,38-,39+,41+,42-,51-/m0/s1. The van der Waals surface area contributed by atoms with Crippen LogP contribution in [0.5, 0.6) is 5.75 Å². The molecule has 0 saturated carbocycles. The largest absolute Gasteiger partial charge is 0.506 e. The van der Waals surface area contributed by atoms with Crippen molar-refractivity contribution in [2.45, 2.75) is 159 Å². The fourth-order valence-electron chi connectivity index (χ4n) is 9.41. The molecule has 0 unspecified atom stereocenters. The number of benzene rings is 2. The number of phenolic OH excluding ortho intramolecular Hbond substituents is 1. The summed E-state index contributed by atoms with van der Waals surface area (Å²) < 4.78 is 0. The maximum absolute atomic E-state index is 14.2. The Labute approximate surface area is 524 Å². The fourth-order valence-corrected chi connectivity index (χ4v) is 9.41. The van der Waals surface area contributed by atoms with Crippen molar-refractivity contribution >= 4 is 94.5 Å². The highest BCUT2D eigenvalue weighted by Gasteiger charge is 2.35. The fraction of sp³-hybridized carbons (Fsp3) is 0.508. The minimum absolute atomic E-state index is 0.00172. The zero-order chi connectivity index (χ0) is 67.3. The normalized spacial score (nSPS) is 18.5. The molecule has 19 N–H and O–H groups in total. The third-order valence-corrected chi connectivity index (χ3v) is 14.4. The zero-order valence-electron chi connectivity index (χ0n) is 50.9. The molecule has 2 heterocycles. The van der Waals surface area contributed by atoms with Gasteiger partial charge in [-0.2, -0.15) is 0 Å². The number of phenols is 1. The molecule has 0 radical (unpaired) electrons. The van der Waals surface area contributed by atoms with Crippen LogP contribution >= 0.6 is 0 Å². The molecule has 0 aliphatic carbocycles. The minimum atomic E-state index is -1.70. The molecule has 32 heteroatoms. The number of nitrogens with zero attached hydrogens (tertiary/aromatic N) is 2. The highest BCUT2D eigenvalue weighted by atomic mass is 16.4. The van der Waals surface area contributed by atoms with Crippen LogP contribution in [0.3, 0.4) is 0 Å². The second kappa shape index (κ2) is 37.1. The van der Waals surface area contributed by atoms with Crippen LogP contribution in [0.1, 0.15) is 109 Å². The van der Waals surface area contributed by atoms with Gasteiger partial charge in [-0.15, -0.1) is 0 Å². The number of nitrogens with two attached hydrogens (primary N) is 3. The Bertz CT molecular complexity index is 3010. The zero-order valence-corrected chi connectivity index (χ0v) is 50.9. The molecular formula is C59H83N15O17. The summed E-state index contributed by atoms with van der Waals surface area (Å²) in [6.07, 6.45) is 0.656. The van der Waals surface area contributed by atoms with E-state index in [4.69, 9.17) is 22.3 Å². The smallest absolute Gasteiger partial charge is 0.305 e. The molecule has 12 amide bonds. The topological polar surface area (TPSA) is 514 Å². The first-order valence-electron chi connectivity index (χ1n) is 29.7. The first-order valence-corrected chi connectivity index (χ1v) is 29.7. The van der Waals surface area contributed by atoms with Crippen molar-refractivity contribution in [2.24, 2.45) is 28.1 Å². The molecule has 0 aromatic heterocycles. The van der Waals surface area contributed by atoms with Crippen molar-refractivity contribution in [3.8, 4) is 5.75 Å². The Morgan fingerprint density at radius 2 is 1.30 bits per heavy atom. The van der Waals surface area contributed by atoms with E-state index in [1.807, 2.05) is 0 Å². The first-order chi connectivity index (χ1) is 43.1. The lowest BCUT2D eigenvalue weighted by atomic mass is 10.0. The second-order valence-corrected chi connectivity index (χ2v) is 22.2. The molecule has 32 nitrogen and oxygen atoms in total. The van der Waals surface area contributed by atoms with Crippen LogP contribution in [0, 0.1) is 5.92 Å². The quantitative estimate of drug-likeness (QED) is 0.0110. The van der Waals surface area contributed by atoms with E-state index in [1.54, 1.807) is 50.2 Å². The SMILES string of the molecule is CC(C)[C@H](NC(=O)[C@@H](CCC(=O)NCCCC[C@@H]1NC(=O)[C@@H](Cc2ccccc2)NC(=O)[C@H](CC(=O)O)NC(=O)CNC(=O)[C@H](CCCN=C(N)N)NC1=O)NC(=O)CCCN1C(=O)C=CC1=O)C(=O)N[C@@H](C)C(=O)Nc1cc(C[C@H](N)CCC(=O)O)ccc1O. The Kier molecular flexibility index (Phi) is 29.9. The summed E-state index contributed by atoms with van der Waals surface area (Å²) in [5.74, 6) is -13.1. The maximum atomic E-state index is 14.2. The van der Waals surface area contributed by atoms with Gasteiger partial charge < -0.3 is 85.7 Å². The van der Waals surface area contributed by atoms with Gasteiger partial charge in [0.15, 0.2) is 5.96 Å². The molecule has 1 fully saturated rings. The Hall–Kier alpha value is -10.0. The van der Waals surface area contributed by atoms with Gasteiger partial charge in [-0.25, -0.2) is 0 Å². The van der Waals surface area contributed by atoms with Crippen LogP contribution in [0.2, 0.25) is 0 Å². The van der Waals surface area contributed by atoms with Gasteiger partial charge in [-0.3, -0.25) is 77.0 Å². The number of aliphatic imine (C=N–C) groups is 1. The molecule has 2 aromatic rings. The number of anilines is 1. The van der Waals surface area contributed by atoms with Crippen LogP contribution in [-0.2, 0) is 80.0 Å². The number of rotatable bonds is 33. The number of imide groups is 1. The van der Waals surface area contributed by atoms with Crippen LogP contribution in [0.15, 0.2) is 65.7 Å². The van der Waals surface area contributed by atoms with E-state index >= 15 is 0 Å². The van der Waals surface area contributed by atoms with Gasteiger partial charge in [-0.1, -0.05) is 50.2 Å². The van der Waals surface area contributed by atoms with Gasteiger partial charge in [-0.05, 0) is 93.9 Å². The van der Waals surface area contributed by atoms with Gasteiger partial charge in [0, 0.05) is 63.5 Å². The van der Waals surface area contributed by atoms with Gasteiger partial charge in [0.2, 0.25) is 59.1 Å². The van der Waals surface area contributed by atoms with Crippen molar-refractivity contribution in [2.75, 3.05) is 31.5 Å². The first kappa shape index (κ1) is 73.5. The van der Waals surface area contributed by atoms with E-state index < -0.39 is 150 Å². The summed E-state index contributed by atoms with van der Waals surface area (Å²) in [6.45, 7) is 3.71. The van der Waals surface area contributed by atoms with Crippen LogP contribution in [0.25, 0.3) is 0 Å². The number of unbranched alkanes of at least 4 members (excludes halogenated alkanes) is 1. The molecule has 0 spiro atoms. The molecule has 4 rings (SSSR count). The minimum Gasteiger partial charge on any atom is -0.506 e.